The number of benzene rings is 2. The minimum absolute atomic E-state index is 0.0515. The molecule has 0 fully saturated rings. The number of anilines is 2. The number of ether oxygens (including phenoxy) is 1. The van der Waals surface area contributed by atoms with E-state index in [-0.39, 0.29) is 34.4 Å². The minimum Gasteiger partial charge on any atom is -0.481 e. The minimum atomic E-state index is -3.61. The molecule has 184 valence electrons. The zero-order valence-corrected chi connectivity index (χ0v) is 19.7. The Kier molecular flexibility index (Phi) is 5.69. The van der Waals surface area contributed by atoms with Gasteiger partial charge < -0.3 is 4.74 Å². The summed E-state index contributed by atoms with van der Waals surface area (Å²) in [5, 5.41) is 0. The molecular weight excluding hydrogens is 537 g/mol. The quantitative estimate of drug-likeness (QED) is 0.333. The van der Waals surface area contributed by atoms with Gasteiger partial charge in [0.1, 0.15) is 17.5 Å². The highest BCUT2D eigenvalue weighted by Crippen LogP contribution is 2.37. The van der Waals surface area contributed by atoms with Gasteiger partial charge in [-0.1, -0.05) is 22.0 Å². The Hall–Kier alpha value is -3.21. The van der Waals surface area contributed by atoms with Crippen molar-refractivity contribution < 1.29 is 35.6 Å². The summed E-state index contributed by atoms with van der Waals surface area (Å²) >= 11 is 2.99. The number of halogens is 6. The SMILES string of the molecule is [2H]C([2H])([2H])Oc1ncc(N2CCc3c(F)cccc3N(Cc3c(F)cc(Br)cc3F)C2=O)cc1C(C)(F)F. The molecule has 2 heterocycles. The van der Waals surface area contributed by atoms with Crippen molar-refractivity contribution >= 4 is 33.3 Å². The predicted molar refractivity (Wildman–Crippen MR) is 123 cm³/mol. The number of hydrogen-bond acceptors (Lipinski definition) is 3. The molecule has 0 saturated carbocycles. The monoisotopic (exact) mass is 558 g/mol. The van der Waals surface area contributed by atoms with Crippen molar-refractivity contribution in [3.05, 3.63) is 81.2 Å². The first-order valence-corrected chi connectivity index (χ1v) is 11.0. The summed E-state index contributed by atoms with van der Waals surface area (Å²) in [5.74, 6) is -7.05. The van der Waals surface area contributed by atoms with Crippen molar-refractivity contribution in [1.82, 2.24) is 4.98 Å². The van der Waals surface area contributed by atoms with Crippen molar-refractivity contribution in [2.75, 3.05) is 23.4 Å². The van der Waals surface area contributed by atoms with Crippen LogP contribution in [0, 0.1) is 17.5 Å². The van der Waals surface area contributed by atoms with E-state index in [0.29, 0.717) is 6.92 Å². The Morgan fingerprint density at radius 3 is 2.54 bits per heavy atom. The van der Waals surface area contributed by atoms with E-state index in [2.05, 4.69) is 25.7 Å². The van der Waals surface area contributed by atoms with Crippen molar-refractivity contribution in [2.24, 2.45) is 0 Å². The van der Waals surface area contributed by atoms with Crippen molar-refractivity contribution in [1.29, 1.82) is 0 Å². The van der Waals surface area contributed by atoms with Gasteiger partial charge in [-0.15, -0.1) is 0 Å². The van der Waals surface area contributed by atoms with E-state index >= 15 is 0 Å². The number of rotatable bonds is 5. The molecule has 0 spiro atoms. The summed E-state index contributed by atoms with van der Waals surface area (Å²) in [7, 11) is -3.07. The van der Waals surface area contributed by atoms with E-state index in [9.17, 15) is 26.7 Å². The summed E-state index contributed by atoms with van der Waals surface area (Å²) < 4.78 is 99.3. The first kappa shape index (κ1) is 21.1. The number of fused-ring (bicyclic) bond motifs is 1. The Balaban J connectivity index is 1.82. The van der Waals surface area contributed by atoms with Crippen LogP contribution in [0.4, 0.5) is 38.1 Å². The molecule has 0 unspecified atom stereocenters. The Morgan fingerprint density at radius 2 is 1.89 bits per heavy atom. The largest absolute Gasteiger partial charge is 0.481 e. The first-order chi connectivity index (χ1) is 17.7. The number of pyridine rings is 1. The van der Waals surface area contributed by atoms with Crippen molar-refractivity contribution in [2.45, 2.75) is 25.8 Å². The van der Waals surface area contributed by atoms with Crippen LogP contribution in [0.2, 0.25) is 0 Å². The van der Waals surface area contributed by atoms with Gasteiger partial charge in [0, 0.05) is 29.1 Å². The maximum absolute atomic E-state index is 14.8. The normalized spacial score (nSPS) is 15.7. The lowest BCUT2D eigenvalue weighted by Crippen LogP contribution is -2.43. The van der Waals surface area contributed by atoms with Gasteiger partial charge in [-0.3, -0.25) is 9.80 Å². The first-order valence-electron chi connectivity index (χ1n) is 11.7. The molecule has 11 heteroatoms. The molecular formula is C24H19BrF5N3O2. The zero-order chi connectivity index (χ0) is 28.0. The molecule has 0 radical (unpaired) electrons. The van der Waals surface area contributed by atoms with Gasteiger partial charge in [-0.2, -0.15) is 0 Å². The number of hydrogen-bond donors (Lipinski definition) is 0. The molecule has 1 aliphatic rings. The summed E-state index contributed by atoms with van der Waals surface area (Å²) in [6, 6.07) is 5.87. The van der Waals surface area contributed by atoms with Gasteiger partial charge in [-0.05, 0) is 36.8 Å². The van der Waals surface area contributed by atoms with Crippen LogP contribution < -0.4 is 14.5 Å². The van der Waals surface area contributed by atoms with E-state index < -0.39 is 60.0 Å². The van der Waals surface area contributed by atoms with Crippen LogP contribution in [0.25, 0.3) is 0 Å². The lowest BCUT2D eigenvalue weighted by molar-refractivity contribution is 0.0145. The summed E-state index contributed by atoms with van der Waals surface area (Å²) in [6.07, 6.45) is 0.889. The van der Waals surface area contributed by atoms with Crippen LogP contribution in [0.15, 0.2) is 47.1 Å². The number of aromatic nitrogens is 1. The van der Waals surface area contributed by atoms with Gasteiger partial charge in [0.15, 0.2) is 0 Å². The van der Waals surface area contributed by atoms with E-state index in [1.165, 1.54) is 12.1 Å². The molecule has 3 aromatic rings. The van der Waals surface area contributed by atoms with Crippen LogP contribution in [0.3, 0.4) is 0 Å². The summed E-state index contributed by atoms with van der Waals surface area (Å²) in [6.45, 7) is -0.341. The Morgan fingerprint density at radius 1 is 1.17 bits per heavy atom. The number of urea groups is 1. The number of amides is 2. The smallest absolute Gasteiger partial charge is 0.329 e. The van der Waals surface area contributed by atoms with Crippen molar-refractivity contribution in [3.8, 4) is 5.88 Å². The second-order valence-electron chi connectivity index (χ2n) is 7.89. The highest BCUT2D eigenvalue weighted by atomic mass is 79.9. The lowest BCUT2D eigenvalue weighted by Gasteiger charge is -2.29. The third-order valence-electron chi connectivity index (χ3n) is 5.57. The molecule has 0 aliphatic carbocycles. The average molecular weight is 559 g/mol. The van der Waals surface area contributed by atoms with Gasteiger partial charge in [0.2, 0.25) is 5.88 Å². The Bertz CT molecular complexity index is 1380. The van der Waals surface area contributed by atoms with Crippen molar-refractivity contribution in [3.63, 3.8) is 0 Å². The number of nitrogens with zero attached hydrogens (tertiary/aromatic N) is 3. The van der Waals surface area contributed by atoms with Crippen LogP contribution in [0.5, 0.6) is 5.88 Å². The molecule has 1 aromatic heterocycles. The summed E-state index contributed by atoms with van der Waals surface area (Å²) in [5.41, 5.74) is -1.42. The van der Waals surface area contributed by atoms with E-state index in [4.69, 9.17) is 4.11 Å². The van der Waals surface area contributed by atoms with E-state index in [0.717, 1.165) is 40.3 Å². The van der Waals surface area contributed by atoms with Gasteiger partial charge in [0.05, 0.1) is 40.8 Å². The average Bonchev–Trinajstić information content (AvgIpc) is 2.92. The van der Waals surface area contributed by atoms with Gasteiger partial charge >= 0.3 is 6.03 Å². The molecule has 0 saturated heterocycles. The van der Waals surface area contributed by atoms with Crippen LogP contribution in [-0.2, 0) is 18.9 Å². The maximum atomic E-state index is 14.8. The summed E-state index contributed by atoms with van der Waals surface area (Å²) in [4.78, 5) is 19.4. The second kappa shape index (κ2) is 9.44. The zero-order valence-electron chi connectivity index (χ0n) is 21.1. The standard InChI is InChI=1S/C24H19BrF5N3O2/c1-24(29,30)17-10-14(11-31-22(17)35-2)32-7-6-15-18(26)4-3-5-21(15)33(23(32)34)12-16-19(27)8-13(25)9-20(16)28/h3-5,8-11H,6-7,12H2,1-2H3/i2D3. The lowest BCUT2D eigenvalue weighted by atomic mass is 10.1. The molecule has 4 rings (SSSR count). The molecule has 0 N–H and O–H groups in total. The Labute approximate surface area is 210 Å². The number of alkyl halides is 2. The van der Waals surface area contributed by atoms with E-state index in [1.807, 2.05) is 0 Å². The van der Waals surface area contributed by atoms with E-state index in [1.54, 1.807) is 0 Å². The van der Waals surface area contributed by atoms with Crippen LogP contribution in [-0.4, -0.2) is 24.6 Å². The predicted octanol–water partition coefficient (Wildman–Crippen LogP) is 6.57. The fourth-order valence-electron chi connectivity index (χ4n) is 3.87. The molecule has 35 heavy (non-hydrogen) atoms. The van der Waals surface area contributed by atoms with Crippen LogP contribution in [0.1, 0.15) is 27.7 Å². The molecule has 2 amide bonds. The third kappa shape index (κ3) is 4.82. The fraction of sp³-hybridized carbons (Fsp3) is 0.250. The highest BCUT2D eigenvalue weighted by Gasteiger charge is 2.35. The second-order valence-corrected chi connectivity index (χ2v) is 8.81. The molecule has 0 bridgehead atoms. The van der Waals surface area contributed by atoms with Gasteiger partial charge in [-0.25, -0.2) is 31.7 Å². The highest BCUT2D eigenvalue weighted by molar-refractivity contribution is 9.10. The van der Waals surface area contributed by atoms with Crippen LogP contribution >= 0.6 is 15.9 Å². The number of carbonyl (C=O) groups excluding carboxylic acids is 1. The molecule has 5 nitrogen and oxygen atoms in total. The van der Waals surface area contributed by atoms with Gasteiger partial charge in [0.25, 0.3) is 5.92 Å². The third-order valence-corrected chi connectivity index (χ3v) is 6.03. The molecule has 2 aromatic carbocycles. The fourth-order valence-corrected chi connectivity index (χ4v) is 4.28. The number of carbonyl (C=O) groups is 1. The molecule has 0 atom stereocenters. The number of methoxy groups -OCH3 is 1. The topological polar surface area (TPSA) is 45.7 Å². The molecule has 1 aliphatic heterocycles. The maximum Gasteiger partial charge on any atom is 0.329 e.